The minimum atomic E-state index is -1.12. The summed E-state index contributed by atoms with van der Waals surface area (Å²) in [6, 6.07) is 5.10. The SMILES string of the molecule is C=CCC(C)NC(=O)N(CC(=O)O)c1ccc(O)cc1. The predicted molar refractivity (Wildman–Crippen MR) is 75.9 cm³/mol. The summed E-state index contributed by atoms with van der Waals surface area (Å²) in [5.74, 6) is -1.07. The van der Waals surface area contributed by atoms with Gasteiger partial charge in [-0.25, -0.2) is 4.79 Å². The molecular weight excluding hydrogens is 260 g/mol. The van der Waals surface area contributed by atoms with Gasteiger partial charge in [-0.2, -0.15) is 0 Å². The number of amides is 2. The molecule has 1 unspecified atom stereocenters. The third-order valence-corrected chi connectivity index (χ3v) is 2.59. The number of hydrogen-bond donors (Lipinski definition) is 3. The van der Waals surface area contributed by atoms with Crippen LogP contribution in [0.25, 0.3) is 0 Å². The number of rotatable bonds is 6. The summed E-state index contributed by atoms with van der Waals surface area (Å²) in [5.41, 5.74) is 0.397. The van der Waals surface area contributed by atoms with Crippen LogP contribution in [0.15, 0.2) is 36.9 Å². The van der Waals surface area contributed by atoms with E-state index in [0.29, 0.717) is 12.1 Å². The van der Waals surface area contributed by atoms with Crippen molar-refractivity contribution in [3.63, 3.8) is 0 Å². The van der Waals surface area contributed by atoms with Crippen molar-refractivity contribution in [2.75, 3.05) is 11.4 Å². The number of phenolic OH excluding ortho intramolecular Hbond substituents is 1. The smallest absolute Gasteiger partial charge is 0.323 e. The summed E-state index contributed by atoms with van der Waals surface area (Å²) in [5, 5.41) is 20.8. The number of benzene rings is 1. The number of carbonyl (C=O) groups excluding carboxylic acids is 1. The van der Waals surface area contributed by atoms with Crippen LogP contribution in [-0.2, 0) is 4.79 Å². The Labute approximate surface area is 117 Å². The van der Waals surface area contributed by atoms with Crippen LogP contribution in [0, 0.1) is 0 Å². The number of aliphatic carboxylic acids is 1. The van der Waals surface area contributed by atoms with Gasteiger partial charge in [0.1, 0.15) is 12.3 Å². The van der Waals surface area contributed by atoms with E-state index in [2.05, 4.69) is 11.9 Å². The lowest BCUT2D eigenvalue weighted by molar-refractivity contribution is -0.135. The zero-order chi connectivity index (χ0) is 15.1. The van der Waals surface area contributed by atoms with Gasteiger partial charge in [0, 0.05) is 11.7 Å². The van der Waals surface area contributed by atoms with E-state index in [1.807, 2.05) is 0 Å². The highest BCUT2D eigenvalue weighted by Gasteiger charge is 2.19. The monoisotopic (exact) mass is 278 g/mol. The van der Waals surface area contributed by atoms with Crippen LogP contribution in [0.2, 0.25) is 0 Å². The van der Waals surface area contributed by atoms with Gasteiger partial charge < -0.3 is 15.5 Å². The Hall–Kier alpha value is -2.50. The summed E-state index contributed by atoms with van der Waals surface area (Å²) in [4.78, 5) is 24.1. The minimum Gasteiger partial charge on any atom is -0.508 e. The van der Waals surface area contributed by atoms with Crippen molar-refractivity contribution in [3.05, 3.63) is 36.9 Å². The van der Waals surface area contributed by atoms with E-state index in [-0.39, 0.29) is 11.8 Å². The molecule has 108 valence electrons. The standard InChI is InChI=1S/C14H18N2O4/c1-3-4-10(2)15-14(20)16(9-13(18)19)11-5-7-12(17)8-6-11/h3,5-8,10,17H,1,4,9H2,2H3,(H,15,20)(H,18,19). The molecular formula is C14H18N2O4. The average molecular weight is 278 g/mol. The fourth-order valence-electron chi connectivity index (χ4n) is 1.65. The highest BCUT2D eigenvalue weighted by molar-refractivity contribution is 5.96. The Morgan fingerprint density at radius 2 is 2.00 bits per heavy atom. The van der Waals surface area contributed by atoms with Crippen molar-refractivity contribution in [2.24, 2.45) is 0 Å². The molecule has 6 nitrogen and oxygen atoms in total. The van der Waals surface area contributed by atoms with E-state index >= 15 is 0 Å². The Balaban J connectivity index is 2.88. The van der Waals surface area contributed by atoms with Crippen LogP contribution in [0.4, 0.5) is 10.5 Å². The van der Waals surface area contributed by atoms with Crippen LogP contribution in [0.5, 0.6) is 5.75 Å². The maximum atomic E-state index is 12.1. The number of anilines is 1. The predicted octanol–water partition coefficient (Wildman–Crippen LogP) is 1.96. The second-order valence-corrected chi connectivity index (χ2v) is 4.37. The van der Waals surface area contributed by atoms with Crippen LogP contribution >= 0.6 is 0 Å². The van der Waals surface area contributed by atoms with E-state index in [1.54, 1.807) is 13.0 Å². The molecule has 0 saturated heterocycles. The van der Waals surface area contributed by atoms with E-state index in [0.717, 1.165) is 4.90 Å². The van der Waals surface area contributed by atoms with Crippen LogP contribution in [0.3, 0.4) is 0 Å². The number of nitrogens with zero attached hydrogens (tertiary/aromatic N) is 1. The Bertz CT molecular complexity index is 484. The number of hydrogen-bond acceptors (Lipinski definition) is 3. The second kappa shape index (κ2) is 7.18. The van der Waals surface area contributed by atoms with E-state index in [4.69, 9.17) is 5.11 Å². The fraction of sp³-hybridized carbons (Fsp3) is 0.286. The largest absolute Gasteiger partial charge is 0.508 e. The number of carbonyl (C=O) groups is 2. The summed E-state index contributed by atoms with van der Waals surface area (Å²) < 4.78 is 0. The van der Waals surface area contributed by atoms with E-state index < -0.39 is 18.5 Å². The lowest BCUT2D eigenvalue weighted by Gasteiger charge is -2.23. The highest BCUT2D eigenvalue weighted by Crippen LogP contribution is 2.18. The first-order chi connectivity index (χ1) is 9.43. The molecule has 0 radical (unpaired) electrons. The quantitative estimate of drug-likeness (QED) is 0.694. The minimum absolute atomic E-state index is 0.0458. The lowest BCUT2D eigenvalue weighted by atomic mass is 10.2. The molecule has 0 heterocycles. The van der Waals surface area contributed by atoms with Crippen molar-refractivity contribution in [3.8, 4) is 5.75 Å². The third kappa shape index (κ3) is 4.64. The summed E-state index contributed by atoms with van der Waals surface area (Å²) in [6.45, 7) is 4.92. The first-order valence-corrected chi connectivity index (χ1v) is 6.13. The molecule has 6 heteroatoms. The van der Waals surface area contributed by atoms with Gasteiger partial charge >= 0.3 is 12.0 Å². The molecule has 1 aromatic carbocycles. The van der Waals surface area contributed by atoms with Crippen molar-refractivity contribution in [2.45, 2.75) is 19.4 Å². The molecule has 0 aliphatic rings. The summed E-state index contributed by atoms with van der Waals surface area (Å²) >= 11 is 0. The number of urea groups is 1. The number of nitrogens with one attached hydrogen (secondary N) is 1. The molecule has 1 atom stereocenters. The van der Waals surface area contributed by atoms with Gasteiger partial charge in [0.25, 0.3) is 0 Å². The average Bonchev–Trinajstić information content (AvgIpc) is 2.37. The first kappa shape index (κ1) is 15.6. The Morgan fingerprint density at radius 1 is 1.40 bits per heavy atom. The first-order valence-electron chi connectivity index (χ1n) is 6.13. The zero-order valence-corrected chi connectivity index (χ0v) is 11.2. The van der Waals surface area contributed by atoms with Gasteiger partial charge in [-0.15, -0.1) is 6.58 Å². The molecule has 3 N–H and O–H groups in total. The molecule has 0 saturated carbocycles. The van der Waals surface area contributed by atoms with Gasteiger partial charge in [-0.05, 0) is 37.6 Å². The summed E-state index contributed by atoms with van der Waals surface area (Å²) in [6.07, 6.45) is 2.26. The normalized spacial score (nSPS) is 11.4. The van der Waals surface area contributed by atoms with Gasteiger partial charge in [-0.3, -0.25) is 9.69 Å². The van der Waals surface area contributed by atoms with Gasteiger partial charge in [0.2, 0.25) is 0 Å². The maximum absolute atomic E-state index is 12.1. The number of phenols is 1. The van der Waals surface area contributed by atoms with E-state index in [9.17, 15) is 14.7 Å². The molecule has 0 aliphatic carbocycles. The third-order valence-electron chi connectivity index (χ3n) is 2.59. The number of carboxylic acids is 1. The van der Waals surface area contributed by atoms with Crippen molar-refractivity contribution in [1.29, 1.82) is 0 Å². The topological polar surface area (TPSA) is 89.9 Å². The maximum Gasteiger partial charge on any atom is 0.323 e. The molecule has 0 bridgehead atoms. The van der Waals surface area contributed by atoms with Crippen LogP contribution in [-0.4, -0.2) is 34.8 Å². The lowest BCUT2D eigenvalue weighted by Crippen LogP contribution is -2.46. The number of carboxylic acid groups (broad SMARTS) is 1. The van der Waals surface area contributed by atoms with Gasteiger partial charge in [0.15, 0.2) is 0 Å². The summed E-state index contributed by atoms with van der Waals surface area (Å²) in [7, 11) is 0. The molecule has 20 heavy (non-hydrogen) atoms. The molecule has 2 amide bonds. The van der Waals surface area contributed by atoms with Crippen LogP contribution < -0.4 is 10.2 Å². The fourth-order valence-corrected chi connectivity index (χ4v) is 1.65. The van der Waals surface area contributed by atoms with Crippen molar-refractivity contribution >= 4 is 17.7 Å². The highest BCUT2D eigenvalue weighted by atomic mass is 16.4. The molecule has 1 aromatic rings. The Kier molecular flexibility index (Phi) is 5.58. The van der Waals surface area contributed by atoms with Gasteiger partial charge in [0.05, 0.1) is 0 Å². The molecule has 0 aromatic heterocycles. The van der Waals surface area contributed by atoms with E-state index in [1.165, 1.54) is 24.3 Å². The molecule has 0 fully saturated rings. The molecule has 0 spiro atoms. The van der Waals surface area contributed by atoms with Gasteiger partial charge in [-0.1, -0.05) is 6.08 Å². The number of aromatic hydroxyl groups is 1. The second-order valence-electron chi connectivity index (χ2n) is 4.37. The van der Waals surface area contributed by atoms with Crippen molar-refractivity contribution in [1.82, 2.24) is 5.32 Å². The Morgan fingerprint density at radius 3 is 2.50 bits per heavy atom. The molecule has 0 aliphatic heterocycles. The van der Waals surface area contributed by atoms with Crippen LogP contribution in [0.1, 0.15) is 13.3 Å². The molecule has 1 rings (SSSR count). The zero-order valence-electron chi connectivity index (χ0n) is 11.2. The van der Waals surface area contributed by atoms with Crippen molar-refractivity contribution < 1.29 is 19.8 Å².